The van der Waals surface area contributed by atoms with Gasteiger partial charge in [-0.25, -0.2) is 0 Å². The summed E-state index contributed by atoms with van der Waals surface area (Å²) in [5, 5.41) is 9.89. The van der Waals surface area contributed by atoms with E-state index in [9.17, 15) is 9.90 Å². The van der Waals surface area contributed by atoms with Crippen LogP contribution in [0.1, 0.15) is 53.4 Å². The quantitative estimate of drug-likeness (QED) is 0.717. The van der Waals surface area contributed by atoms with E-state index >= 15 is 0 Å². The first-order valence-electron chi connectivity index (χ1n) is 5.65. The van der Waals surface area contributed by atoms with Crippen molar-refractivity contribution in [3.63, 3.8) is 0 Å². The van der Waals surface area contributed by atoms with Crippen LogP contribution in [0.3, 0.4) is 0 Å². The van der Waals surface area contributed by atoms with Crippen LogP contribution in [0.25, 0.3) is 0 Å². The van der Waals surface area contributed by atoms with Gasteiger partial charge in [0, 0.05) is 6.92 Å². The number of hydrogen-bond acceptors (Lipinski definition) is 3. The second kappa shape index (κ2) is 4.12. The second-order valence-electron chi connectivity index (χ2n) is 5.47. The third-order valence-corrected chi connectivity index (χ3v) is 3.43. The molecule has 0 amide bonds. The third-order valence-electron chi connectivity index (χ3n) is 3.43. The fourth-order valence-electron chi connectivity index (χ4n) is 2.38. The lowest BCUT2D eigenvalue weighted by Crippen LogP contribution is -2.41. The van der Waals surface area contributed by atoms with Gasteiger partial charge in [-0.05, 0) is 52.4 Å². The molecule has 1 saturated carbocycles. The van der Waals surface area contributed by atoms with Crippen LogP contribution in [-0.2, 0) is 9.53 Å². The van der Waals surface area contributed by atoms with Gasteiger partial charge in [-0.1, -0.05) is 0 Å². The maximum absolute atomic E-state index is 10.9. The average Bonchev–Trinajstić information content (AvgIpc) is 2.00. The number of rotatable bonds is 2. The number of esters is 1. The lowest BCUT2D eigenvalue weighted by Gasteiger charge is -2.40. The van der Waals surface area contributed by atoms with Crippen molar-refractivity contribution in [1.29, 1.82) is 0 Å². The molecule has 1 N–H and O–H groups in total. The van der Waals surface area contributed by atoms with E-state index in [4.69, 9.17) is 4.74 Å². The molecule has 0 aliphatic heterocycles. The number of aliphatic hydroxyl groups is 1. The van der Waals surface area contributed by atoms with Gasteiger partial charge in [0.15, 0.2) is 0 Å². The number of carbonyl (C=O) groups excluding carboxylic acids is 1. The molecule has 0 aromatic rings. The summed E-state index contributed by atoms with van der Waals surface area (Å²) >= 11 is 0. The Bertz CT molecular complexity index is 232. The molecule has 0 heterocycles. The van der Waals surface area contributed by atoms with Gasteiger partial charge in [-0.15, -0.1) is 0 Å². The highest BCUT2D eigenvalue weighted by atomic mass is 16.6. The van der Waals surface area contributed by atoms with Gasteiger partial charge in [0.05, 0.1) is 5.60 Å². The first-order chi connectivity index (χ1) is 6.73. The van der Waals surface area contributed by atoms with E-state index < -0.39 is 5.60 Å². The zero-order valence-corrected chi connectivity index (χ0v) is 10.2. The largest absolute Gasteiger partial charge is 0.460 e. The fraction of sp³-hybridized carbons (Fsp3) is 0.917. The SMILES string of the molecule is CC(=O)OC1(C)CCC(C(C)(C)O)CC1. The lowest BCUT2D eigenvalue weighted by atomic mass is 9.73. The minimum Gasteiger partial charge on any atom is -0.460 e. The van der Waals surface area contributed by atoms with Crippen LogP contribution >= 0.6 is 0 Å². The van der Waals surface area contributed by atoms with Crippen molar-refractivity contribution < 1.29 is 14.6 Å². The lowest BCUT2D eigenvalue weighted by molar-refractivity contribution is -0.161. The Morgan fingerprint density at radius 1 is 1.40 bits per heavy atom. The Morgan fingerprint density at radius 3 is 2.20 bits per heavy atom. The summed E-state index contributed by atoms with van der Waals surface area (Å²) in [5.41, 5.74) is -0.925. The fourth-order valence-corrected chi connectivity index (χ4v) is 2.38. The summed E-state index contributed by atoms with van der Waals surface area (Å²) in [4.78, 5) is 10.9. The molecule has 0 unspecified atom stereocenters. The van der Waals surface area contributed by atoms with Crippen LogP contribution in [0.15, 0.2) is 0 Å². The first kappa shape index (κ1) is 12.5. The van der Waals surface area contributed by atoms with Crippen molar-refractivity contribution in [2.75, 3.05) is 0 Å². The summed E-state index contributed by atoms with van der Waals surface area (Å²) in [5.74, 6) is 0.111. The molecule has 0 saturated heterocycles. The van der Waals surface area contributed by atoms with E-state index in [-0.39, 0.29) is 11.6 Å². The Kier molecular flexibility index (Phi) is 3.44. The summed E-state index contributed by atoms with van der Waals surface area (Å²) in [7, 11) is 0. The second-order valence-corrected chi connectivity index (χ2v) is 5.47. The van der Waals surface area contributed by atoms with Crippen molar-refractivity contribution in [3.8, 4) is 0 Å². The minimum atomic E-state index is -0.614. The van der Waals surface area contributed by atoms with Crippen LogP contribution in [-0.4, -0.2) is 22.3 Å². The van der Waals surface area contributed by atoms with Gasteiger partial charge < -0.3 is 9.84 Å². The predicted molar refractivity (Wildman–Crippen MR) is 58.4 cm³/mol. The van der Waals surface area contributed by atoms with Crippen LogP contribution < -0.4 is 0 Å². The van der Waals surface area contributed by atoms with Gasteiger partial charge in [0.25, 0.3) is 0 Å². The van der Waals surface area contributed by atoms with Crippen LogP contribution in [0.5, 0.6) is 0 Å². The van der Waals surface area contributed by atoms with Crippen molar-refractivity contribution in [2.24, 2.45) is 5.92 Å². The zero-order chi connectivity index (χ0) is 11.7. The highest BCUT2D eigenvalue weighted by molar-refractivity contribution is 5.66. The molecule has 15 heavy (non-hydrogen) atoms. The molecule has 1 rings (SSSR count). The van der Waals surface area contributed by atoms with E-state index in [2.05, 4.69) is 0 Å². The van der Waals surface area contributed by atoms with E-state index in [0.717, 1.165) is 25.7 Å². The highest BCUT2D eigenvalue weighted by Crippen LogP contribution is 2.39. The monoisotopic (exact) mass is 214 g/mol. The highest BCUT2D eigenvalue weighted by Gasteiger charge is 2.38. The molecule has 3 nitrogen and oxygen atoms in total. The van der Waals surface area contributed by atoms with Gasteiger partial charge in [0.1, 0.15) is 5.60 Å². The Hall–Kier alpha value is -0.570. The van der Waals surface area contributed by atoms with Gasteiger partial charge in [-0.3, -0.25) is 4.79 Å². The summed E-state index contributed by atoms with van der Waals surface area (Å²) < 4.78 is 5.32. The van der Waals surface area contributed by atoms with Crippen molar-refractivity contribution >= 4 is 5.97 Å². The van der Waals surface area contributed by atoms with Gasteiger partial charge in [-0.2, -0.15) is 0 Å². The first-order valence-corrected chi connectivity index (χ1v) is 5.65. The molecule has 0 bridgehead atoms. The Balaban J connectivity index is 2.51. The Labute approximate surface area is 91.8 Å². The topological polar surface area (TPSA) is 46.5 Å². The molecule has 0 atom stereocenters. The number of hydrogen-bond donors (Lipinski definition) is 1. The van der Waals surface area contributed by atoms with Crippen LogP contribution in [0, 0.1) is 5.92 Å². The third kappa shape index (κ3) is 3.49. The summed E-state index contributed by atoms with van der Waals surface area (Å²) in [6, 6.07) is 0. The van der Waals surface area contributed by atoms with Gasteiger partial charge >= 0.3 is 5.97 Å². The molecule has 88 valence electrons. The molecule has 0 spiro atoms. The van der Waals surface area contributed by atoms with Gasteiger partial charge in [0.2, 0.25) is 0 Å². The molecule has 3 heteroatoms. The molecular formula is C12H22O3. The minimum absolute atomic E-state index is 0.209. The maximum atomic E-state index is 10.9. The van der Waals surface area contributed by atoms with E-state index in [0.29, 0.717) is 5.92 Å². The zero-order valence-electron chi connectivity index (χ0n) is 10.2. The van der Waals surface area contributed by atoms with E-state index in [1.165, 1.54) is 6.92 Å². The maximum Gasteiger partial charge on any atom is 0.303 e. The normalized spacial score (nSPS) is 32.5. The standard InChI is InChI=1S/C12H22O3/c1-9(13)15-12(4)7-5-10(6-8-12)11(2,3)14/h10,14H,5-8H2,1-4H3. The van der Waals surface area contributed by atoms with Crippen molar-refractivity contribution in [1.82, 2.24) is 0 Å². The summed E-state index contributed by atoms with van der Waals surface area (Å²) in [6.07, 6.45) is 3.54. The van der Waals surface area contributed by atoms with Crippen molar-refractivity contribution in [2.45, 2.75) is 64.6 Å². The molecular weight excluding hydrogens is 192 g/mol. The van der Waals surface area contributed by atoms with E-state index in [1.54, 1.807) is 0 Å². The molecule has 0 radical (unpaired) electrons. The smallest absolute Gasteiger partial charge is 0.303 e. The molecule has 1 fully saturated rings. The van der Waals surface area contributed by atoms with Crippen molar-refractivity contribution in [3.05, 3.63) is 0 Å². The van der Waals surface area contributed by atoms with Crippen LogP contribution in [0.2, 0.25) is 0 Å². The predicted octanol–water partition coefficient (Wildman–Crippen LogP) is 2.27. The average molecular weight is 214 g/mol. The summed E-state index contributed by atoms with van der Waals surface area (Å²) in [6.45, 7) is 7.14. The molecule has 1 aliphatic rings. The molecule has 0 aromatic heterocycles. The van der Waals surface area contributed by atoms with Crippen LogP contribution in [0.4, 0.5) is 0 Å². The number of carbonyl (C=O) groups is 1. The van der Waals surface area contributed by atoms with E-state index in [1.807, 2.05) is 20.8 Å². The molecule has 0 aromatic carbocycles. The number of ether oxygens (including phenoxy) is 1. The molecule has 1 aliphatic carbocycles. The Morgan fingerprint density at radius 2 is 1.87 bits per heavy atom.